The Balaban J connectivity index is 2.08. The molecule has 2 rings (SSSR count). The maximum Gasteiger partial charge on any atom is 0.253 e. The second-order valence-corrected chi connectivity index (χ2v) is 6.31. The number of benzene rings is 2. The Morgan fingerprint density at radius 3 is 2.70 bits per heavy atom. The summed E-state index contributed by atoms with van der Waals surface area (Å²) in [5.74, 6) is -0.658. The van der Waals surface area contributed by atoms with Gasteiger partial charge in [-0.05, 0) is 52.9 Å². The molecule has 2 aromatic rings. The Hall–Kier alpha value is -1.15. The van der Waals surface area contributed by atoms with Crippen LogP contribution in [-0.2, 0) is 6.54 Å². The largest absolute Gasteiger partial charge is 0.398 e. The number of nitrogen functional groups attached to an aromatic ring is 1. The summed E-state index contributed by atoms with van der Waals surface area (Å²) in [6.45, 7) is 0.122. The molecule has 0 saturated heterocycles. The molecule has 104 valence electrons. The van der Waals surface area contributed by atoms with Crippen LogP contribution in [0.15, 0.2) is 40.9 Å². The van der Waals surface area contributed by atoms with Gasteiger partial charge in [0.15, 0.2) is 0 Å². The summed E-state index contributed by atoms with van der Waals surface area (Å²) in [5.41, 5.74) is 6.96. The van der Waals surface area contributed by atoms with Crippen molar-refractivity contribution in [2.45, 2.75) is 6.54 Å². The summed E-state index contributed by atoms with van der Waals surface area (Å²) in [4.78, 5) is 12.0. The number of hydrogen-bond donors (Lipinski definition) is 2. The lowest BCUT2D eigenvalue weighted by atomic mass is 10.1. The Morgan fingerprint density at radius 2 is 2.05 bits per heavy atom. The van der Waals surface area contributed by atoms with Crippen LogP contribution in [0.1, 0.15) is 15.9 Å². The number of hydrogen-bond acceptors (Lipinski definition) is 2. The minimum Gasteiger partial charge on any atom is -0.398 e. The second-order valence-electron chi connectivity index (χ2n) is 4.15. The maximum absolute atomic E-state index is 13.6. The van der Waals surface area contributed by atoms with E-state index in [9.17, 15) is 9.18 Å². The topological polar surface area (TPSA) is 55.1 Å². The lowest BCUT2D eigenvalue weighted by Crippen LogP contribution is -2.24. The van der Waals surface area contributed by atoms with Crippen LogP contribution in [0.25, 0.3) is 0 Å². The molecule has 2 aromatic carbocycles. The van der Waals surface area contributed by atoms with Crippen molar-refractivity contribution in [2.24, 2.45) is 0 Å². The standard InChI is InChI=1S/C14H11BrFIN2O/c15-9-2-4-11(13(18)5-9)14(20)19-7-8-1-3-10(17)6-12(8)16/h1-6H,7,18H2,(H,19,20). The van der Waals surface area contributed by atoms with Crippen molar-refractivity contribution in [2.75, 3.05) is 5.73 Å². The molecule has 0 fully saturated rings. The maximum atomic E-state index is 13.6. The summed E-state index contributed by atoms with van der Waals surface area (Å²) in [6.07, 6.45) is 0. The molecule has 6 heteroatoms. The molecule has 20 heavy (non-hydrogen) atoms. The van der Waals surface area contributed by atoms with E-state index in [-0.39, 0.29) is 18.3 Å². The molecule has 0 radical (unpaired) electrons. The van der Waals surface area contributed by atoms with E-state index in [1.54, 1.807) is 30.3 Å². The van der Waals surface area contributed by atoms with E-state index in [4.69, 9.17) is 5.73 Å². The molecule has 0 unspecified atom stereocenters. The van der Waals surface area contributed by atoms with Gasteiger partial charge < -0.3 is 11.1 Å². The van der Waals surface area contributed by atoms with Crippen molar-refractivity contribution in [3.8, 4) is 0 Å². The summed E-state index contributed by atoms with van der Waals surface area (Å²) >= 11 is 5.31. The van der Waals surface area contributed by atoms with Gasteiger partial charge in [-0.3, -0.25) is 4.79 Å². The van der Waals surface area contributed by atoms with Crippen molar-refractivity contribution in [1.82, 2.24) is 5.32 Å². The highest BCUT2D eigenvalue weighted by atomic mass is 127. The monoisotopic (exact) mass is 448 g/mol. The quantitative estimate of drug-likeness (QED) is 0.555. The third kappa shape index (κ3) is 3.69. The van der Waals surface area contributed by atoms with Gasteiger partial charge in [0.1, 0.15) is 5.82 Å². The minimum atomic E-state index is -0.332. The lowest BCUT2D eigenvalue weighted by Gasteiger charge is -2.09. The van der Waals surface area contributed by atoms with E-state index in [1.807, 2.05) is 22.6 Å². The van der Waals surface area contributed by atoms with Crippen LogP contribution in [0.4, 0.5) is 10.1 Å². The van der Waals surface area contributed by atoms with Gasteiger partial charge in [-0.1, -0.05) is 22.0 Å². The van der Waals surface area contributed by atoms with Gasteiger partial charge in [0.05, 0.1) is 5.56 Å². The molecule has 1 amide bonds. The second kappa shape index (κ2) is 6.53. The zero-order valence-electron chi connectivity index (χ0n) is 10.3. The van der Waals surface area contributed by atoms with Crippen molar-refractivity contribution in [3.63, 3.8) is 0 Å². The smallest absolute Gasteiger partial charge is 0.253 e. The fourth-order valence-corrected chi connectivity index (χ4v) is 2.51. The number of rotatable bonds is 3. The van der Waals surface area contributed by atoms with Gasteiger partial charge in [0.25, 0.3) is 5.91 Å². The molecule has 0 aliphatic carbocycles. The summed E-state index contributed by atoms with van der Waals surface area (Å²) < 4.78 is 15.3. The van der Waals surface area contributed by atoms with Gasteiger partial charge >= 0.3 is 0 Å². The first-order valence-corrected chi connectivity index (χ1v) is 7.61. The highest BCUT2D eigenvalue weighted by molar-refractivity contribution is 14.1. The molecule has 3 nitrogen and oxygen atoms in total. The molecular weight excluding hydrogens is 438 g/mol. The van der Waals surface area contributed by atoms with Gasteiger partial charge in [-0.2, -0.15) is 0 Å². The van der Waals surface area contributed by atoms with Crippen LogP contribution in [0, 0.1) is 9.39 Å². The number of amides is 1. The van der Waals surface area contributed by atoms with Crippen LogP contribution in [0.2, 0.25) is 0 Å². The Labute approximate surface area is 138 Å². The molecule has 0 aromatic heterocycles. The van der Waals surface area contributed by atoms with Gasteiger partial charge in [-0.15, -0.1) is 0 Å². The number of nitrogens with two attached hydrogens (primary N) is 1. The van der Waals surface area contributed by atoms with Gasteiger partial charge in [0.2, 0.25) is 0 Å². The first-order valence-electron chi connectivity index (χ1n) is 5.74. The highest BCUT2D eigenvalue weighted by Gasteiger charge is 2.11. The third-order valence-corrected chi connectivity index (χ3v) is 3.88. The summed E-state index contributed by atoms with van der Waals surface area (Å²) in [6, 6.07) is 9.88. The predicted molar refractivity (Wildman–Crippen MR) is 88.8 cm³/mol. The zero-order valence-corrected chi connectivity index (χ0v) is 14.0. The Bertz CT molecular complexity index is 664. The molecule has 0 spiro atoms. The Kier molecular flexibility index (Phi) is 4.98. The predicted octanol–water partition coefficient (Wildman–Crippen LogP) is 3.71. The van der Waals surface area contributed by atoms with Crippen LogP contribution in [-0.4, -0.2) is 5.91 Å². The fraction of sp³-hybridized carbons (Fsp3) is 0.0714. The number of halogens is 3. The Morgan fingerprint density at radius 1 is 1.30 bits per heavy atom. The van der Waals surface area contributed by atoms with E-state index in [0.29, 0.717) is 16.8 Å². The first kappa shape index (κ1) is 15.2. The average Bonchev–Trinajstić information content (AvgIpc) is 2.37. The molecule has 0 aliphatic heterocycles. The fourth-order valence-electron chi connectivity index (χ4n) is 1.68. The normalized spacial score (nSPS) is 10.3. The molecule has 0 aliphatic rings. The summed E-state index contributed by atoms with van der Waals surface area (Å²) in [7, 11) is 0. The van der Waals surface area contributed by atoms with E-state index in [2.05, 4.69) is 21.2 Å². The highest BCUT2D eigenvalue weighted by Crippen LogP contribution is 2.19. The lowest BCUT2D eigenvalue weighted by molar-refractivity contribution is 0.0951. The van der Waals surface area contributed by atoms with Crippen molar-refractivity contribution < 1.29 is 9.18 Å². The van der Waals surface area contributed by atoms with Crippen molar-refractivity contribution in [3.05, 3.63) is 61.4 Å². The van der Waals surface area contributed by atoms with Gasteiger partial charge in [0, 0.05) is 25.8 Å². The zero-order chi connectivity index (χ0) is 14.7. The molecule has 0 heterocycles. The first-order chi connectivity index (χ1) is 9.47. The van der Waals surface area contributed by atoms with Crippen LogP contribution < -0.4 is 11.1 Å². The minimum absolute atomic E-state index is 0.122. The number of anilines is 1. The molecule has 3 N–H and O–H groups in total. The molecule has 0 bridgehead atoms. The van der Waals surface area contributed by atoms with Crippen LogP contribution >= 0.6 is 38.5 Å². The molecule has 0 atom stereocenters. The average molecular weight is 449 g/mol. The summed E-state index contributed by atoms with van der Waals surface area (Å²) in [5, 5.41) is 2.66. The van der Waals surface area contributed by atoms with Gasteiger partial charge in [-0.25, -0.2) is 4.39 Å². The van der Waals surface area contributed by atoms with Crippen molar-refractivity contribution in [1.29, 1.82) is 0 Å². The molecule has 0 saturated carbocycles. The van der Waals surface area contributed by atoms with Crippen LogP contribution in [0.3, 0.4) is 0 Å². The molecular formula is C14H11BrFIN2O. The van der Waals surface area contributed by atoms with E-state index < -0.39 is 0 Å². The van der Waals surface area contributed by atoms with E-state index in [1.165, 1.54) is 6.07 Å². The van der Waals surface area contributed by atoms with Crippen LogP contribution in [0.5, 0.6) is 0 Å². The van der Waals surface area contributed by atoms with E-state index in [0.717, 1.165) is 8.04 Å². The van der Waals surface area contributed by atoms with Crippen molar-refractivity contribution >= 4 is 50.1 Å². The number of carbonyl (C=O) groups is 1. The number of nitrogens with one attached hydrogen (secondary N) is 1. The van der Waals surface area contributed by atoms with E-state index >= 15 is 0 Å². The third-order valence-electron chi connectivity index (χ3n) is 2.71. The number of carbonyl (C=O) groups excluding carboxylic acids is 1. The SMILES string of the molecule is Nc1cc(Br)ccc1C(=O)NCc1ccc(I)cc1F.